The Morgan fingerprint density at radius 3 is 2.46 bits per heavy atom. The zero-order valence-electron chi connectivity index (χ0n) is 15.5. The number of anilines is 1. The lowest BCUT2D eigenvalue weighted by Crippen LogP contribution is -2.50. The number of piperidine rings is 1. The predicted octanol–water partition coefficient (Wildman–Crippen LogP) is 2.50. The molecular formula is C20H27N3O2S. The molecular weight excluding hydrogens is 346 g/mol. The molecule has 0 aliphatic carbocycles. The Kier molecular flexibility index (Phi) is 4.97. The van der Waals surface area contributed by atoms with Gasteiger partial charge in [-0.05, 0) is 56.2 Å². The fraction of sp³-hybridized carbons (Fsp3) is 0.600. The molecule has 3 fully saturated rings. The molecule has 6 heteroatoms. The Balaban J connectivity index is 1.41. The zero-order chi connectivity index (χ0) is 18.3. The summed E-state index contributed by atoms with van der Waals surface area (Å²) in [4.78, 5) is 30.4. The van der Waals surface area contributed by atoms with Crippen molar-refractivity contribution >= 4 is 29.3 Å². The summed E-state index contributed by atoms with van der Waals surface area (Å²) < 4.78 is 0. The molecule has 3 unspecified atom stereocenters. The van der Waals surface area contributed by atoms with E-state index in [1.807, 2.05) is 42.5 Å². The summed E-state index contributed by atoms with van der Waals surface area (Å²) in [6, 6.07) is 9.44. The second-order valence-electron chi connectivity index (χ2n) is 7.82. The molecule has 3 atom stereocenters. The van der Waals surface area contributed by atoms with E-state index in [1.54, 1.807) is 16.7 Å². The van der Waals surface area contributed by atoms with E-state index in [1.165, 1.54) is 17.7 Å². The third-order valence-electron chi connectivity index (χ3n) is 6.20. The minimum Gasteiger partial charge on any atom is -0.342 e. The lowest BCUT2D eigenvalue weighted by molar-refractivity contribution is -0.137. The monoisotopic (exact) mass is 373 g/mol. The summed E-state index contributed by atoms with van der Waals surface area (Å²) in [6.07, 6.45) is 6.90. The summed E-state index contributed by atoms with van der Waals surface area (Å²) in [6.45, 7) is 0.498. The van der Waals surface area contributed by atoms with E-state index in [-0.39, 0.29) is 17.7 Å². The van der Waals surface area contributed by atoms with Gasteiger partial charge >= 0.3 is 0 Å². The number of hydrogen-bond donors (Lipinski definition) is 1. The first-order valence-electron chi connectivity index (χ1n) is 9.52. The van der Waals surface area contributed by atoms with E-state index in [0.717, 1.165) is 18.5 Å². The van der Waals surface area contributed by atoms with Gasteiger partial charge in [0.2, 0.25) is 11.8 Å². The largest absolute Gasteiger partial charge is 0.342 e. The summed E-state index contributed by atoms with van der Waals surface area (Å²) in [5, 5.41) is 3.63. The van der Waals surface area contributed by atoms with Gasteiger partial charge in [0.15, 0.2) is 0 Å². The molecule has 1 aromatic carbocycles. The highest BCUT2D eigenvalue weighted by molar-refractivity contribution is 7.98. The second kappa shape index (κ2) is 7.24. The van der Waals surface area contributed by atoms with Gasteiger partial charge in [-0.25, -0.2) is 0 Å². The molecule has 2 bridgehead atoms. The van der Waals surface area contributed by atoms with Gasteiger partial charge in [0.1, 0.15) is 0 Å². The number of rotatable bonds is 4. The summed E-state index contributed by atoms with van der Waals surface area (Å²) >= 11 is 1.68. The number of benzene rings is 1. The van der Waals surface area contributed by atoms with Crippen molar-refractivity contribution in [2.45, 2.75) is 55.1 Å². The molecule has 3 aliphatic rings. The fourth-order valence-corrected chi connectivity index (χ4v) is 5.10. The zero-order valence-corrected chi connectivity index (χ0v) is 16.3. The molecule has 0 spiro atoms. The Bertz CT molecular complexity index is 681. The van der Waals surface area contributed by atoms with Crippen LogP contribution in [-0.2, 0) is 9.59 Å². The standard InChI is InChI=1S/C20H27N3O2S/c1-22(17-10-14-3-4-15(11-17)21-14)20(25)13-9-19(24)23(12-13)16-5-7-18(26-2)8-6-16/h5-8,13-15,17,21H,3-4,9-12H2,1-2H3. The van der Waals surface area contributed by atoms with Gasteiger partial charge in [-0.1, -0.05) is 0 Å². The van der Waals surface area contributed by atoms with Gasteiger partial charge < -0.3 is 15.1 Å². The van der Waals surface area contributed by atoms with Crippen molar-refractivity contribution in [2.75, 3.05) is 24.7 Å². The Hall–Kier alpha value is -1.53. The van der Waals surface area contributed by atoms with Crippen molar-refractivity contribution in [3.05, 3.63) is 24.3 Å². The molecule has 4 rings (SSSR count). The number of carbonyl (C=O) groups excluding carboxylic acids is 2. The topological polar surface area (TPSA) is 52.7 Å². The quantitative estimate of drug-likeness (QED) is 0.824. The van der Waals surface area contributed by atoms with Crippen LogP contribution in [0.3, 0.4) is 0 Å². The van der Waals surface area contributed by atoms with Gasteiger partial charge in [-0.15, -0.1) is 11.8 Å². The predicted molar refractivity (Wildman–Crippen MR) is 104 cm³/mol. The molecule has 1 aromatic rings. The van der Waals surface area contributed by atoms with Crippen molar-refractivity contribution in [1.29, 1.82) is 0 Å². The highest BCUT2D eigenvalue weighted by atomic mass is 32.2. The van der Waals surface area contributed by atoms with Crippen molar-refractivity contribution in [1.82, 2.24) is 10.2 Å². The molecule has 3 aliphatic heterocycles. The number of amides is 2. The van der Waals surface area contributed by atoms with E-state index in [0.29, 0.717) is 31.1 Å². The van der Waals surface area contributed by atoms with Crippen molar-refractivity contribution in [3.63, 3.8) is 0 Å². The fourth-order valence-electron chi connectivity index (χ4n) is 4.70. The second-order valence-corrected chi connectivity index (χ2v) is 8.70. The van der Waals surface area contributed by atoms with Crippen LogP contribution in [0.5, 0.6) is 0 Å². The number of nitrogens with one attached hydrogen (secondary N) is 1. The van der Waals surface area contributed by atoms with Crippen LogP contribution >= 0.6 is 11.8 Å². The molecule has 0 saturated carbocycles. The summed E-state index contributed by atoms with van der Waals surface area (Å²) in [5.74, 6) is -0.0350. The first kappa shape index (κ1) is 17.9. The molecule has 0 aromatic heterocycles. The van der Waals surface area contributed by atoms with Gasteiger partial charge in [0.25, 0.3) is 0 Å². The first-order chi connectivity index (χ1) is 12.5. The third kappa shape index (κ3) is 3.37. The van der Waals surface area contributed by atoms with Crippen LogP contribution < -0.4 is 10.2 Å². The van der Waals surface area contributed by atoms with Gasteiger partial charge in [-0.3, -0.25) is 9.59 Å². The van der Waals surface area contributed by atoms with Crippen LogP contribution in [0.4, 0.5) is 5.69 Å². The molecule has 140 valence electrons. The van der Waals surface area contributed by atoms with Crippen LogP contribution in [0.1, 0.15) is 32.1 Å². The molecule has 1 N–H and O–H groups in total. The van der Waals surface area contributed by atoms with Crippen LogP contribution in [-0.4, -0.2) is 54.7 Å². The lowest BCUT2D eigenvalue weighted by Gasteiger charge is -2.36. The Labute approximate surface area is 159 Å². The number of fused-ring (bicyclic) bond motifs is 2. The number of hydrogen-bond acceptors (Lipinski definition) is 4. The summed E-state index contributed by atoms with van der Waals surface area (Å²) in [5.41, 5.74) is 0.894. The lowest BCUT2D eigenvalue weighted by atomic mass is 9.97. The highest BCUT2D eigenvalue weighted by Gasteiger charge is 2.41. The highest BCUT2D eigenvalue weighted by Crippen LogP contribution is 2.32. The van der Waals surface area contributed by atoms with Crippen LogP contribution in [0, 0.1) is 5.92 Å². The maximum absolute atomic E-state index is 13.0. The molecule has 2 amide bonds. The average molecular weight is 374 g/mol. The van der Waals surface area contributed by atoms with Crippen LogP contribution in [0.2, 0.25) is 0 Å². The van der Waals surface area contributed by atoms with E-state index < -0.39 is 0 Å². The molecule has 3 heterocycles. The van der Waals surface area contributed by atoms with Crippen molar-refractivity contribution in [3.8, 4) is 0 Å². The first-order valence-corrected chi connectivity index (χ1v) is 10.7. The van der Waals surface area contributed by atoms with Gasteiger partial charge in [0.05, 0.1) is 5.92 Å². The van der Waals surface area contributed by atoms with Crippen molar-refractivity contribution in [2.24, 2.45) is 5.92 Å². The van der Waals surface area contributed by atoms with E-state index >= 15 is 0 Å². The Morgan fingerprint density at radius 1 is 1.19 bits per heavy atom. The Morgan fingerprint density at radius 2 is 1.85 bits per heavy atom. The molecule has 5 nitrogen and oxygen atoms in total. The molecule has 26 heavy (non-hydrogen) atoms. The van der Waals surface area contributed by atoms with Crippen molar-refractivity contribution < 1.29 is 9.59 Å². The van der Waals surface area contributed by atoms with Gasteiger partial charge in [-0.2, -0.15) is 0 Å². The smallest absolute Gasteiger partial charge is 0.228 e. The van der Waals surface area contributed by atoms with Gasteiger partial charge in [0, 0.05) is 48.7 Å². The minimum absolute atomic E-state index is 0.0547. The maximum Gasteiger partial charge on any atom is 0.228 e. The normalized spacial score (nSPS) is 30.7. The average Bonchev–Trinajstić information content (AvgIpc) is 3.22. The number of carbonyl (C=O) groups is 2. The number of nitrogens with zero attached hydrogens (tertiary/aromatic N) is 2. The van der Waals surface area contributed by atoms with E-state index in [4.69, 9.17) is 0 Å². The van der Waals surface area contributed by atoms with E-state index in [9.17, 15) is 9.59 Å². The minimum atomic E-state index is -0.222. The molecule has 0 radical (unpaired) electrons. The van der Waals surface area contributed by atoms with Crippen LogP contribution in [0.15, 0.2) is 29.2 Å². The van der Waals surface area contributed by atoms with Crippen LogP contribution in [0.25, 0.3) is 0 Å². The summed E-state index contributed by atoms with van der Waals surface area (Å²) in [7, 11) is 1.93. The maximum atomic E-state index is 13.0. The SMILES string of the molecule is CSc1ccc(N2CC(C(=O)N(C)C3CC4CCC(C3)N4)CC2=O)cc1. The number of thioether (sulfide) groups is 1. The van der Waals surface area contributed by atoms with E-state index in [2.05, 4.69) is 5.32 Å². The molecule has 3 saturated heterocycles. The third-order valence-corrected chi connectivity index (χ3v) is 6.95.